The molecule has 3 rings (SSSR count). The second-order valence-electron chi connectivity index (χ2n) is 7.46. The van der Waals surface area contributed by atoms with E-state index in [1.165, 1.54) is 5.56 Å². The zero-order valence-electron chi connectivity index (χ0n) is 18.5. The number of ether oxygens (including phenoxy) is 2. The summed E-state index contributed by atoms with van der Waals surface area (Å²) < 4.78 is 11.4. The lowest BCUT2D eigenvalue weighted by atomic mass is 10.1. The van der Waals surface area contributed by atoms with E-state index in [0.717, 1.165) is 11.1 Å². The Morgan fingerprint density at radius 2 is 1.78 bits per heavy atom. The van der Waals surface area contributed by atoms with Crippen LogP contribution in [0.15, 0.2) is 78.4 Å². The van der Waals surface area contributed by atoms with Crippen molar-refractivity contribution in [2.45, 2.75) is 26.5 Å². The minimum Gasteiger partial charge on any atom is -0.493 e. The van der Waals surface area contributed by atoms with Crippen molar-refractivity contribution in [1.82, 2.24) is 5.32 Å². The number of carbonyl (C=O) groups excluding carboxylic acids is 1. The molecule has 0 aromatic heterocycles. The third kappa shape index (κ3) is 5.99. The van der Waals surface area contributed by atoms with Gasteiger partial charge in [-0.05, 0) is 48.7 Å². The molecule has 1 unspecified atom stereocenters. The van der Waals surface area contributed by atoms with Gasteiger partial charge in [-0.25, -0.2) is 0 Å². The van der Waals surface area contributed by atoms with Crippen molar-refractivity contribution in [3.63, 3.8) is 0 Å². The number of aryl methyl sites for hydroxylation is 1. The van der Waals surface area contributed by atoms with E-state index in [1.54, 1.807) is 31.4 Å². The monoisotopic (exact) mass is 426 g/mol. The van der Waals surface area contributed by atoms with E-state index < -0.39 is 5.91 Å². The third-order valence-corrected chi connectivity index (χ3v) is 5.03. The van der Waals surface area contributed by atoms with Crippen molar-refractivity contribution < 1.29 is 14.3 Å². The van der Waals surface area contributed by atoms with Gasteiger partial charge in [0.05, 0.1) is 13.2 Å². The standard InChI is InChI=1S/C27H26N2O3/c1-19-9-11-21(12-10-19)18-32-25-14-13-22(16-26(25)31-3)15-24(17-28)27(30)29-20(2)23-7-5-4-6-8-23/h4-16,20H,18H2,1-3H3,(H,29,30)/b24-15+. The van der Waals surface area contributed by atoms with E-state index in [9.17, 15) is 10.1 Å². The van der Waals surface area contributed by atoms with Crippen molar-refractivity contribution in [3.05, 3.63) is 101 Å². The maximum Gasteiger partial charge on any atom is 0.262 e. The average Bonchev–Trinajstić information content (AvgIpc) is 2.82. The van der Waals surface area contributed by atoms with Crippen LogP contribution in [0.5, 0.6) is 11.5 Å². The molecule has 1 atom stereocenters. The van der Waals surface area contributed by atoms with Crippen LogP contribution in [0.1, 0.15) is 35.2 Å². The highest BCUT2D eigenvalue weighted by atomic mass is 16.5. The minimum atomic E-state index is -0.428. The predicted molar refractivity (Wildman–Crippen MR) is 125 cm³/mol. The molecule has 0 fully saturated rings. The first-order valence-corrected chi connectivity index (χ1v) is 10.3. The number of hydrogen-bond acceptors (Lipinski definition) is 4. The lowest BCUT2D eigenvalue weighted by molar-refractivity contribution is -0.117. The van der Waals surface area contributed by atoms with Crippen molar-refractivity contribution in [2.24, 2.45) is 0 Å². The minimum absolute atomic E-state index is 0.0168. The van der Waals surface area contributed by atoms with Crippen LogP contribution in [0, 0.1) is 18.3 Å². The fourth-order valence-electron chi connectivity index (χ4n) is 3.15. The van der Waals surface area contributed by atoms with Gasteiger partial charge in [-0.3, -0.25) is 4.79 Å². The Kier molecular flexibility index (Phi) is 7.66. The number of benzene rings is 3. The highest BCUT2D eigenvalue weighted by molar-refractivity contribution is 6.01. The number of methoxy groups -OCH3 is 1. The molecule has 3 aromatic rings. The summed E-state index contributed by atoms with van der Waals surface area (Å²) in [5.41, 5.74) is 3.90. The molecule has 0 heterocycles. The normalized spacial score (nSPS) is 11.9. The van der Waals surface area contributed by atoms with Crippen LogP contribution in [0.25, 0.3) is 6.08 Å². The molecule has 0 aliphatic heterocycles. The van der Waals surface area contributed by atoms with Crippen LogP contribution in [-0.2, 0) is 11.4 Å². The number of nitrogens with zero attached hydrogens (tertiary/aromatic N) is 1. The van der Waals surface area contributed by atoms with Gasteiger partial charge < -0.3 is 14.8 Å². The predicted octanol–water partition coefficient (Wildman–Crippen LogP) is 5.37. The Morgan fingerprint density at radius 1 is 1.06 bits per heavy atom. The molecular formula is C27H26N2O3. The lowest BCUT2D eigenvalue weighted by Gasteiger charge is -2.14. The Labute approximate surface area is 188 Å². The number of rotatable bonds is 8. The molecule has 0 spiro atoms. The van der Waals surface area contributed by atoms with Crippen LogP contribution < -0.4 is 14.8 Å². The molecule has 0 radical (unpaired) electrons. The summed E-state index contributed by atoms with van der Waals surface area (Å²) in [5.74, 6) is 0.689. The van der Waals surface area contributed by atoms with E-state index in [0.29, 0.717) is 23.7 Å². The summed E-state index contributed by atoms with van der Waals surface area (Å²) in [6.07, 6.45) is 1.54. The number of nitrogens with one attached hydrogen (secondary N) is 1. The van der Waals surface area contributed by atoms with Crippen LogP contribution in [0.3, 0.4) is 0 Å². The first-order chi connectivity index (χ1) is 15.5. The smallest absolute Gasteiger partial charge is 0.262 e. The van der Waals surface area contributed by atoms with Crippen molar-refractivity contribution in [1.29, 1.82) is 5.26 Å². The fourth-order valence-corrected chi connectivity index (χ4v) is 3.15. The molecular weight excluding hydrogens is 400 g/mol. The van der Waals surface area contributed by atoms with Crippen LogP contribution >= 0.6 is 0 Å². The number of nitriles is 1. The summed E-state index contributed by atoms with van der Waals surface area (Å²) in [7, 11) is 1.56. The average molecular weight is 427 g/mol. The van der Waals surface area contributed by atoms with Crippen molar-refractivity contribution in [3.8, 4) is 17.6 Å². The van der Waals surface area contributed by atoms with Crippen LogP contribution in [0.2, 0.25) is 0 Å². The molecule has 162 valence electrons. The number of carbonyl (C=O) groups is 1. The molecule has 0 saturated heterocycles. The third-order valence-electron chi connectivity index (χ3n) is 5.03. The Morgan fingerprint density at radius 3 is 2.44 bits per heavy atom. The van der Waals surface area contributed by atoms with Gasteiger partial charge in [-0.1, -0.05) is 66.2 Å². The van der Waals surface area contributed by atoms with E-state index in [4.69, 9.17) is 9.47 Å². The first kappa shape index (κ1) is 22.6. The van der Waals surface area contributed by atoms with E-state index in [2.05, 4.69) is 5.32 Å². The number of amides is 1. The fraction of sp³-hybridized carbons (Fsp3) is 0.185. The largest absolute Gasteiger partial charge is 0.493 e. The summed E-state index contributed by atoms with van der Waals surface area (Å²) in [4.78, 5) is 12.6. The lowest BCUT2D eigenvalue weighted by Crippen LogP contribution is -2.27. The van der Waals surface area contributed by atoms with Crippen molar-refractivity contribution >= 4 is 12.0 Å². The van der Waals surface area contributed by atoms with Gasteiger partial charge >= 0.3 is 0 Å². The highest BCUT2D eigenvalue weighted by Gasteiger charge is 2.14. The quantitative estimate of drug-likeness (QED) is 0.388. The highest BCUT2D eigenvalue weighted by Crippen LogP contribution is 2.30. The molecule has 1 amide bonds. The molecule has 5 heteroatoms. The second kappa shape index (κ2) is 10.8. The van der Waals surface area contributed by atoms with Crippen LogP contribution in [0.4, 0.5) is 0 Å². The maximum atomic E-state index is 12.6. The zero-order valence-corrected chi connectivity index (χ0v) is 18.5. The molecule has 1 N–H and O–H groups in total. The zero-order chi connectivity index (χ0) is 22.9. The molecule has 0 aliphatic carbocycles. The van der Waals surface area contributed by atoms with Gasteiger partial charge in [-0.15, -0.1) is 0 Å². The van der Waals surface area contributed by atoms with Gasteiger partial charge in [-0.2, -0.15) is 5.26 Å². The Hall–Kier alpha value is -4.04. The maximum absolute atomic E-state index is 12.6. The summed E-state index contributed by atoms with van der Waals surface area (Å²) in [5, 5.41) is 12.4. The van der Waals surface area contributed by atoms with Gasteiger partial charge in [0.15, 0.2) is 11.5 Å². The van der Waals surface area contributed by atoms with Gasteiger partial charge in [0.1, 0.15) is 18.2 Å². The SMILES string of the molecule is COc1cc(/C=C(\C#N)C(=O)NC(C)c2ccccc2)ccc1OCc1ccc(C)cc1. The Bertz CT molecular complexity index is 1130. The van der Waals surface area contributed by atoms with Gasteiger partial charge in [0.25, 0.3) is 5.91 Å². The molecule has 5 nitrogen and oxygen atoms in total. The molecule has 3 aromatic carbocycles. The number of hydrogen-bond donors (Lipinski definition) is 1. The molecule has 32 heavy (non-hydrogen) atoms. The van der Waals surface area contributed by atoms with E-state index in [1.807, 2.05) is 74.5 Å². The summed E-state index contributed by atoms with van der Waals surface area (Å²) in [6.45, 7) is 4.33. The van der Waals surface area contributed by atoms with Gasteiger partial charge in [0.2, 0.25) is 0 Å². The van der Waals surface area contributed by atoms with Crippen LogP contribution in [-0.4, -0.2) is 13.0 Å². The molecule has 0 saturated carbocycles. The summed E-state index contributed by atoms with van der Waals surface area (Å²) in [6, 6.07) is 24.8. The molecule has 0 bridgehead atoms. The van der Waals surface area contributed by atoms with Crippen molar-refractivity contribution in [2.75, 3.05) is 7.11 Å². The van der Waals surface area contributed by atoms with Gasteiger partial charge in [0, 0.05) is 0 Å². The molecule has 0 aliphatic rings. The topological polar surface area (TPSA) is 71.3 Å². The van der Waals surface area contributed by atoms with E-state index in [-0.39, 0.29) is 11.6 Å². The second-order valence-corrected chi connectivity index (χ2v) is 7.46. The van der Waals surface area contributed by atoms with E-state index >= 15 is 0 Å². The Balaban J connectivity index is 1.72. The summed E-state index contributed by atoms with van der Waals surface area (Å²) >= 11 is 0. The first-order valence-electron chi connectivity index (χ1n) is 10.3.